The van der Waals surface area contributed by atoms with Crippen molar-refractivity contribution in [1.29, 1.82) is 0 Å². The van der Waals surface area contributed by atoms with Crippen LogP contribution in [0.1, 0.15) is 10.4 Å². The van der Waals surface area contributed by atoms with Gasteiger partial charge in [-0.25, -0.2) is 0 Å². The highest BCUT2D eigenvalue weighted by Crippen LogP contribution is 2.29. The van der Waals surface area contributed by atoms with Gasteiger partial charge < -0.3 is 29.1 Å². The maximum atomic E-state index is 13.1. The molecule has 3 rings (SSSR count). The van der Waals surface area contributed by atoms with E-state index in [0.717, 1.165) is 26.2 Å². The van der Waals surface area contributed by atoms with Gasteiger partial charge in [-0.2, -0.15) is 0 Å². The third-order valence-electron chi connectivity index (χ3n) is 5.18. The Bertz CT molecular complexity index is 684. The fourth-order valence-corrected chi connectivity index (χ4v) is 3.68. The van der Waals surface area contributed by atoms with Gasteiger partial charge in [0.2, 0.25) is 0 Å². The van der Waals surface area contributed by atoms with Crippen molar-refractivity contribution in [3.63, 3.8) is 0 Å². The van der Waals surface area contributed by atoms with Crippen LogP contribution in [0.4, 0.5) is 0 Å². The largest absolute Gasteiger partial charge is 0.497 e. The fourth-order valence-electron chi connectivity index (χ4n) is 3.68. The third-order valence-corrected chi connectivity index (χ3v) is 5.18. The lowest BCUT2D eigenvalue weighted by Gasteiger charge is -2.37. The first-order valence-corrected chi connectivity index (χ1v) is 9.54. The van der Waals surface area contributed by atoms with E-state index in [4.69, 9.17) is 24.1 Å². The molecule has 0 radical (unpaired) electrons. The van der Waals surface area contributed by atoms with Gasteiger partial charge in [-0.1, -0.05) is 0 Å². The maximum absolute atomic E-state index is 13.1. The number of likely N-dealkylation sites (N-methyl/N-ethyl adjacent to an activating group) is 1. The number of amides is 1. The predicted octanol–water partition coefficient (Wildman–Crippen LogP) is 0.491. The summed E-state index contributed by atoms with van der Waals surface area (Å²) in [6.07, 6.45) is 0.0825. The summed E-state index contributed by atoms with van der Waals surface area (Å²) in [6.45, 7) is 4.70. The van der Waals surface area contributed by atoms with Gasteiger partial charge in [-0.05, 0) is 26.2 Å². The van der Waals surface area contributed by atoms with Crippen LogP contribution in [0.5, 0.6) is 11.5 Å². The second kappa shape index (κ2) is 11.0. The Labute approximate surface area is 171 Å². The van der Waals surface area contributed by atoms with E-state index in [1.807, 2.05) is 4.90 Å². The van der Waals surface area contributed by atoms with Crippen molar-refractivity contribution in [2.45, 2.75) is 12.1 Å². The summed E-state index contributed by atoms with van der Waals surface area (Å²) in [5.41, 5.74) is 0.562. The number of likely N-dealkylation sites (tertiary alicyclic amines) is 1. The molecule has 9 heteroatoms. The topological polar surface area (TPSA) is 91.8 Å². The second-order valence-corrected chi connectivity index (χ2v) is 7.20. The number of morpholine rings is 1. The van der Waals surface area contributed by atoms with E-state index >= 15 is 0 Å². The molecule has 2 unspecified atom stereocenters. The molecular weight excluding hydrogens is 378 g/mol. The molecule has 0 aliphatic carbocycles. The first-order chi connectivity index (χ1) is 13.9. The summed E-state index contributed by atoms with van der Waals surface area (Å²) < 4.78 is 16.6. The molecule has 162 valence electrons. The van der Waals surface area contributed by atoms with Crippen molar-refractivity contribution in [3.05, 3.63) is 23.8 Å². The number of methoxy groups -OCH3 is 2. The Morgan fingerprint density at radius 2 is 2.03 bits per heavy atom. The molecule has 2 fully saturated rings. The molecule has 1 N–H and O–H groups in total. The number of nitrogens with zero attached hydrogens (tertiary/aromatic N) is 3. The molecule has 0 bridgehead atoms. The van der Waals surface area contributed by atoms with Crippen LogP contribution in [-0.2, 0) is 9.53 Å². The fraction of sp³-hybridized carbons (Fsp3) is 0.600. The Morgan fingerprint density at radius 3 is 2.66 bits per heavy atom. The standard InChI is InChI=1S/C19H29N3O4.CH2O2/c1-20(2)7-8-21-9-10-26-18-13-22(12-16(18)21)19(23)15-6-5-14(24-3)11-17(15)25-4;2-1-3/h5-6,11,16,18H,7-10,12-13H2,1-4H3;1H,(H,2,3). The molecule has 9 nitrogen and oxygen atoms in total. The number of benzene rings is 1. The molecule has 2 saturated heterocycles. The smallest absolute Gasteiger partial charge is 0.290 e. The number of rotatable bonds is 6. The maximum Gasteiger partial charge on any atom is 0.290 e. The SMILES string of the molecule is COc1ccc(C(=O)N2CC3OCCN(CCN(C)C)C3C2)c(OC)c1.O=CO. The lowest BCUT2D eigenvalue weighted by atomic mass is 10.1. The zero-order chi connectivity index (χ0) is 21.4. The summed E-state index contributed by atoms with van der Waals surface area (Å²) in [5.74, 6) is 1.19. The Kier molecular flexibility index (Phi) is 8.69. The van der Waals surface area contributed by atoms with Gasteiger partial charge >= 0.3 is 0 Å². The van der Waals surface area contributed by atoms with E-state index in [1.165, 1.54) is 0 Å². The molecule has 1 amide bonds. The predicted molar refractivity (Wildman–Crippen MR) is 108 cm³/mol. The quantitative estimate of drug-likeness (QED) is 0.679. The van der Waals surface area contributed by atoms with Gasteiger partial charge in [0.05, 0.1) is 38.5 Å². The van der Waals surface area contributed by atoms with Crippen LogP contribution in [0.25, 0.3) is 0 Å². The molecule has 29 heavy (non-hydrogen) atoms. The summed E-state index contributed by atoms with van der Waals surface area (Å²) in [6, 6.07) is 5.57. The van der Waals surface area contributed by atoms with Gasteiger partial charge in [-0.3, -0.25) is 14.5 Å². The minimum absolute atomic E-state index is 0.0185. The van der Waals surface area contributed by atoms with E-state index in [9.17, 15) is 4.79 Å². The first-order valence-electron chi connectivity index (χ1n) is 9.54. The van der Waals surface area contributed by atoms with Crippen LogP contribution < -0.4 is 9.47 Å². The summed E-state index contributed by atoms with van der Waals surface area (Å²) in [5, 5.41) is 6.89. The minimum atomic E-state index is -0.250. The molecular formula is C20H31N3O6. The second-order valence-electron chi connectivity index (χ2n) is 7.20. The molecule has 2 atom stereocenters. The van der Waals surface area contributed by atoms with Gasteiger partial charge in [0.15, 0.2) is 0 Å². The molecule has 0 aromatic heterocycles. The van der Waals surface area contributed by atoms with E-state index in [2.05, 4.69) is 23.9 Å². The monoisotopic (exact) mass is 409 g/mol. The average molecular weight is 409 g/mol. The normalized spacial score (nSPS) is 21.2. The number of carbonyl (C=O) groups is 2. The Hall–Kier alpha value is -2.36. The van der Waals surface area contributed by atoms with Crippen molar-refractivity contribution in [2.75, 3.05) is 67.6 Å². The van der Waals surface area contributed by atoms with Crippen LogP contribution in [0.3, 0.4) is 0 Å². The zero-order valence-corrected chi connectivity index (χ0v) is 17.5. The molecule has 0 spiro atoms. The highest BCUT2D eigenvalue weighted by molar-refractivity contribution is 5.97. The summed E-state index contributed by atoms with van der Waals surface area (Å²) in [4.78, 5) is 27.9. The van der Waals surface area contributed by atoms with Crippen LogP contribution in [-0.4, -0.2) is 112 Å². The van der Waals surface area contributed by atoms with Crippen molar-refractivity contribution < 1.29 is 28.9 Å². The Balaban J connectivity index is 0.000000941. The van der Waals surface area contributed by atoms with Crippen LogP contribution in [0.15, 0.2) is 18.2 Å². The van der Waals surface area contributed by atoms with Crippen LogP contribution >= 0.6 is 0 Å². The molecule has 1 aromatic carbocycles. The van der Waals surface area contributed by atoms with E-state index < -0.39 is 0 Å². The zero-order valence-electron chi connectivity index (χ0n) is 17.5. The molecule has 1 aromatic rings. The highest BCUT2D eigenvalue weighted by atomic mass is 16.5. The van der Waals surface area contributed by atoms with Gasteiger partial charge in [-0.15, -0.1) is 0 Å². The lowest BCUT2D eigenvalue weighted by Crippen LogP contribution is -2.52. The average Bonchev–Trinajstić information content (AvgIpc) is 3.16. The molecule has 0 saturated carbocycles. The van der Waals surface area contributed by atoms with Crippen LogP contribution in [0.2, 0.25) is 0 Å². The van der Waals surface area contributed by atoms with Crippen molar-refractivity contribution in [1.82, 2.24) is 14.7 Å². The number of fused-ring (bicyclic) bond motifs is 1. The minimum Gasteiger partial charge on any atom is -0.497 e. The van der Waals surface area contributed by atoms with Crippen LogP contribution in [0, 0.1) is 0 Å². The number of hydrogen-bond acceptors (Lipinski definition) is 7. The van der Waals surface area contributed by atoms with E-state index in [1.54, 1.807) is 32.4 Å². The van der Waals surface area contributed by atoms with Gasteiger partial charge in [0.1, 0.15) is 11.5 Å². The van der Waals surface area contributed by atoms with Crippen molar-refractivity contribution in [3.8, 4) is 11.5 Å². The van der Waals surface area contributed by atoms with E-state index in [-0.39, 0.29) is 24.5 Å². The molecule has 2 aliphatic rings. The summed E-state index contributed by atoms with van der Waals surface area (Å²) >= 11 is 0. The molecule has 2 aliphatic heterocycles. The number of hydrogen-bond donors (Lipinski definition) is 1. The van der Waals surface area contributed by atoms with Crippen molar-refractivity contribution in [2.24, 2.45) is 0 Å². The van der Waals surface area contributed by atoms with Gasteiger partial charge in [0.25, 0.3) is 12.4 Å². The number of carbonyl (C=O) groups excluding carboxylic acids is 1. The number of ether oxygens (including phenoxy) is 3. The number of carboxylic acid groups (broad SMARTS) is 1. The van der Waals surface area contributed by atoms with E-state index in [0.29, 0.717) is 30.2 Å². The first kappa shape index (κ1) is 22.9. The Morgan fingerprint density at radius 1 is 1.31 bits per heavy atom. The summed E-state index contributed by atoms with van der Waals surface area (Å²) in [7, 11) is 7.33. The van der Waals surface area contributed by atoms with Gasteiger partial charge in [0, 0.05) is 38.8 Å². The molecule has 2 heterocycles. The highest BCUT2D eigenvalue weighted by Gasteiger charge is 2.42. The van der Waals surface area contributed by atoms with Crippen molar-refractivity contribution >= 4 is 12.4 Å². The third kappa shape index (κ3) is 5.81. The lowest BCUT2D eigenvalue weighted by molar-refractivity contribution is -0.122.